The van der Waals surface area contributed by atoms with E-state index >= 15 is 0 Å². The molecule has 2 heterocycles. The van der Waals surface area contributed by atoms with Gasteiger partial charge in [-0.05, 0) is 18.1 Å². The first-order valence-corrected chi connectivity index (χ1v) is 9.83. The van der Waals surface area contributed by atoms with Crippen molar-refractivity contribution in [1.82, 2.24) is 14.8 Å². The maximum atomic E-state index is 13.8. The number of ether oxygens (including phenoxy) is 1. The Hall–Kier alpha value is -2.90. The highest BCUT2D eigenvalue weighted by Gasteiger charge is 2.25. The lowest BCUT2D eigenvalue weighted by atomic mass is 10.2. The summed E-state index contributed by atoms with van der Waals surface area (Å²) in [5.74, 6) is 0.629. The molecule has 1 aliphatic rings. The maximum Gasteiger partial charge on any atom is 0.409 e. The third kappa shape index (κ3) is 5.56. The number of halogens is 1. The average Bonchev–Trinajstić information content (AvgIpc) is 3.19. The number of rotatable bonds is 6. The van der Waals surface area contributed by atoms with Crippen LogP contribution in [0.5, 0.6) is 0 Å². The fourth-order valence-corrected chi connectivity index (χ4v) is 3.05. The van der Waals surface area contributed by atoms with Gasteiger partial charge >= 0.3 is 6.09 Å². The molecule has 29 heavy (non-hydrogen) atoms. The fourth-order valence-electron chi connectivity index (χ4n) is 3.05. The Labute approximate surface area is 169 Å². The van der Waals surface area contributed by atoms with Crippen LogP contribution in [0.3, 0.4) is 0 Å². The van der Waals surface area contributed by atoms with Crippen molar-refractivity contribution in [2.24, 2.45) is 5.92 Å². The molecule has 0 unspecified atom stereocenters. The summed E-state index contributed by atoms with van der Waals surface area (Å²) in [6, 6.07) is 6.32. The number of oxazole rings is 1. The minimum atomic E-state index is -0.379. The molecule has 0 N–H and O–H groups in total. The third-order valence-corrected chi connectivity index (χ3v) is 4.68. The summed E-state index contributed by atoms with van der Waals surface area (Å²) in [4.78, 5) is 31.9. The molecule has 1 aromatic heterocycles. The Bertz CT molecular complexity index is 844. The summed E-state index contributed by atoms with van der Waals surface area (Å²) in [5, 5.41) is 0. The van der Waals surface area contributed by atoms with Crippen LogP contribution in [0.15, 0.2) is 34.9 Å². The molecule has 156 valence electrons. The van der Waals surface area contributed by atoms with Gasteiger partial charge in [-0.2, -0.15) is 0 Å². The molecule has 0 saturated carbocycles. The summed E-state index contributed by atoms with van der Waals surface area (Å²) in [6.07, 6.45) is 1.73. The predicted molar refractivity (Wildman–Crippen MR) is 105 cm³/mol. The number of carbonyl (C=O) groups excluding carboxylic acids is 2. The molecule has 0 radical (unpaired) electrons. The van der Waals surface area contributed by atoms with Gasteiger partial charge in [0.15, 0.2) is 11.7 Å². The molecule has 1 aliphatic heterocycles. The Kier molecular flexibility index (Phi) is 6.85. The van der Waals surface area contributed by atoms with E-state index in [9.17, 15) is 14.0 Å². The van der Waals surface area contributed by atoms with Gasteiger partial charge in [0.25, 0.3) is 0 Å². The van der Waals surface area contributed by atoms with E-state index in [1.165, 1.54) is 12.3 Å². The van der Waals surface area contributed by atoms with Gasteiger partial charge in [-0.15, -0.1) is 0 Å². The molecule has 1 saturated heterocycles. The van der Waals surface area contributed by atoms with Gasteiger partial charge in [-0.3, -0.25) is 4.79 Å². The number of benzene rings is 1. The summed E-state index contributed by atoms with van der Waals surface area (Å²) in [6.45, 7) is 6.22. The van der Waals surface area contributed by atoms with Crippen LogP contribution in [-0.2, 0) is 16.0 Å². The number of nitrogens with zero attached hydrogens (tertiary/aromatic N) is 3. The highest BCUT2D eigenvalue weighted by atomic mass is 19.1. The van der Waals surface area contributed by atoms with Crippen LogP contribution in [0.1, 0.15) is 26.2 Å². The van der Waals surface area contributed by atoms with E-state index in [0.29, 0.717) is 56.4 Å². The van der Waals surface area contributed by atoms with Crippen LogP contribution in [0.2, 0.25) is 0 Å². The molecule has 0 spiro atoms. The Morgan fingerprint density at radius 1 is 1.17 bits per heavy atom. The normalized spacial score (nSPS) is 14.3. The van der Waals surface area contributed by atoms with E-state index in [-0.39, 0.29) is 30.2 Å². The smallest absolute Gasteiger partial charge is 0.409 e. The lowest BCUT2D eigenvalue weighted by Crippen LogP contribution is -2.50. The molecule has 2 amide bonds. The fraction of sp³-hybridized carbons (Fsp3) is 0.476. The zero-order valence-corrected chi connectivity index (χ0v) is 16.8. The van der Waals surface area contributed by atoms with Gasteiger partial charge in [0.2, 0.25) is 5.91 Å². The molecule has 2 aromatic rings. The van der Waals surface area contributed by atoms with E-state index in [0.717, 1.165) is 0 Å². The minimum Gasteiger partial charge on any atom is -0.449 e. The van der Waals surface area contributed by atoms with Gasteiger partial charge in [0.05, 0.1) is 18.4 Å². The number of hydrogen-bond acceptors (Lipinski definition) is 5. The number of piperazine rings is 1. The number of aromatic nitrogens is 1. The van der Waals surface area contributed by atoms with Crippen LogP contribution in [0.4, 0.5) is 9.18 Å². The topological polar surface area (TPSA) is 75.9 Å². The SMILES string of the molecule is CC(C)COC(=O)N1CCN(C(=O)CCc2ncc(-c3ccccc3F)o2)CC1. The second-order valence-corrected chi connectivity index (χ2v) is 7.44. The van der Waals surface area contributed by atoms with Crippen LogP contribution in [0, 0.1) is 11.7 Å². The second-order valence-electron chi connectivity index (χ2n) is 7.44. The van der Waals surface area contributed by atoms with Crippen molar-refractivity contribution in [3.8, 4) is 11.3 Å². The zero-order valence-electron chi connectivity index (χ0n) is 16.8. The van der Waals surface area contributed by atoms with Gasteiger partial charge in [0, 0.05) is 39.0 Å². The lowest BCUT2D eigenvalue weighted by molar-refractivity contribution is -0.132. The molecule has 8 heteroatoms. The van der Waals surface area contributed by atoms with Crippen molar-refractivity contribution in [3.05, 3.63) is 42.2 Å². The summed E-state index contributed by atoms with van der Waals surface area (Å²) < 4.78 is 24.7. The minimum absolute atomic E-state index is 0.0224. The first kappa shape index (κ1) is 20.8. The Morgan fingerprint density at radius 3 is 2.55 bits per heavy atom. The quantitative estimate of drug-likeness (QED) is 0.739. The maximum absolute atomic E-state index is 13.8. The number of aryl methyl sites for hydroxylation is 1. The zero-order chi connectivity index (χ0) is 20.8. The van der Waals surface area contributed by atoms with Crippen LogP contribution in [-0.4, -0.2) is 59.6 Å². The van der Waals surface area contributed by atoms with Crippen molar-refractivity contribution < 1.29 is 23.1 Å². The van der Waals surface area contributed by atoms with E-state index in [2.05, 4.69) is 4.98 Å². The third-order valence-electron chi connectivity index (χ3n) is 4.68. The molecule has 7 nitrogen and oxygen atoms in total. The van der Waals surface area contributed by atoms with E-state index in [4.69, 9.17) is 9.15 Å². The second kappa shape index (κ2) is 9.54. The van der Waals surface area contributed by atoms with Crippen LogP contribution >= 0.6 is 0 Å². The van der Waals surface area contributed by atoms with Gasteiger partial charge in [-0.25, -0.2) is 14.2 Å². The molecular formula is C21H26FN3O4. The van der Waals surface area contributed by atoms with Crippen molar-refractivity contribution >= 4 is 12.0 Å². The van der Waals surface area contributed by atoms with Crippen molar-refractivity contribution in [3.63, 3.8) is 0 Å². The molecule has 0 aliphatic carbocycles. The summed E-state index contributed by atoms with van der Waals surface area (Å²) in [7, 11) is 0. The van der Waals surface area contributed by atoms with Crippen molar-refractivity contribution in [1.29, 1.82) is 0 Å². The monoisotopic (exact) mass is 403 g/mol. The molecule has 1 aromatic carbocycles. The molecule has 3 rings (SSSR count). The Morgan fingerprint density at radius 2 is 1.86 bits per heavy atom. The first-order chi connectivity index (χ1) is 13.9. The largest absolute Gasteiger partial charge is 0.449 e. The molecular weight excluding hydrogens is 377 g/mol. The summed E-state index contributed by atoms with van der Waals surface area (Å²) >= 11 is 0. The first-order valence-electron chi connectivity index (χ1n) is 9.83. The highest BCUT2D eigenvalue weighted by molar-refractivity contribution is 5.77. The van der Waals surface area contributed by atoms with Crippen LogP contribution in [0.25, 0.3) is 11.3 Å². The standard InChI is InChI=1S/C21H26FN3O4/c1-15(2)14-28-21(27)25-11-9-24(10-12-25)20(26)8-7-19-23-13-18(29-19)16-5-3-4-6-17(16)22/h3-6,13,15H,7-12,14H2,1-2H3. The molecule has 1 fully saturated rings. The van der Waals surface area contributed by atoms with Gasteiger partial charge in [0.1, 0.15) is 5.82 Å². The molecule has 0 bridgehead atoms. The predicted octanol–water partition coefficient (Wildman–Crippen LogP) is 3.35. The van der Waals surface area contributed by atoms with Crippen LogP contribution < -0.4 is 0 Å². The van der Waals surface area contributed by atoms with Gasteiger partial charge < -0.3 is 19.0 Å². The number of amides is 2. The van der Waals surface area contributed by atoms with E-state index in [1.807, 2.05) is 13.8 Å². The van der Waals surface area contributed by atoms with E-state index in [1.54, 1.807) is 28.0 Å². The summed E-state index contributed by atoms with van der Waals surface area (Å²) in [5.41, 5.74) is 0.345. The lowest BCUT2D eigenvalue weighted by Gasteiger charge is -2.34. The highest BCUT2D eigenvalue weighted by Crippen LogP contribution is 2.23. The average molecular weight is 403 g/mol. The van der Waals surface area contributed by atoms with Gasteiger partial charge in [-0.1, -0.05) is 26.0 Å². The van der Waals surface area contributed by atoms with E-state index < -0.39 is 0 Å². The molecule has 0 atom stereocenters. The number of carbonyl (C=O) groups is 2. The van der Waals surface area contributed by atoms with Crippen molar-refractivity contribution in [2.45, 2.75) is 26.7 Å². The number of hydrogen-bond donors (Lipinski definition) is 0. The Balaban J connectivity index is 1.45. The van der Waals surface area contributed by atoms with Crippen molar-refractivity contribution in [2.75, 3.05) is 32.8 Å².